The zero-order chi connectivity index (χ0) is 28.4. The highest BCUT2D eigenvalue weighted by atomic mass is 35.5. The van der Waals surface area contributed by atoms with Crippen LogP contribution in [-0.2, 0) is 13.1 Å². The van der Waals surface area contributed by atoms with E-state index in [1.54, 1.807) is 55.8 Å². The Labute approximate surface area is 237 Å². The van der Waals surface area contributed by atoms with Gasteiger partial charge in [-0.1, -0.05) is 23.7 Å². The molecule has 3 heterocycles. The maximum Gasteiger partial charge on any atom is 0.335 e. The number of ether oxygens (including phenoxy) is 2. The number of nitrogens with one attached hydrogen (secondary N) is 1. The molecule has 0 fully saturated rings. The Bertz CT molecular complexity index is 1520. The maximum atomic E-state index is 14.2. The molecule has 0 unspecified atom stereocenters. The molecule has 0 saturated carbocycles. The Balaban J connectivity index is 1.57. The van der Waals surface area contributed by atoms with Crippen LogP contribution in [0.25, 0.3) is 0 Å². The number of nitrogens with zero attached hydrogens (tertiary/aromatic N) is 7. The van der Waals surface area contributed by atoms with E-state index in [1.165, 1.54) is 4.90 Å². The third-order valence-electron chi connectivity index (χ3n) is 6.56. The number of rotatable bonds is 9. The highest BCUT2D eigenvalue weighted by Gasteiger charge is 2.37. The van der Waals surface area contributed by atoms with Crippen LogP contribution in [0, 0.1) is 6.92 Å². The van der Waals surface area contributed by atoms with E-state index >= 15 is 0 Å². The van der Waals surface area contributed by atoms with Crippen LogP contribution in [0.2, 0.25) is 5.02 Å². The minimum absolute atomic E-state index is 0.246. The van der Waals surface area contributed by atoms with Crippen molar-refractivity contribution >= 4 is 46.5 Å². The summed E-state index contributed by atoms with van der Waals surface area (Å²) >= 11 is 6.60. The maximum absolute atomic E-state index is 14.2. The summed E-state index contributed by atoms with van der Waals surface area (Å²) in [6.07, 6.45) is 5.33. The van der Waals surface area contributed by atoms with Crippen molar-refractivity contribution in [2.24, 2.45) is 0 Å². The van der Waals surface area contributed by atoms with Crippen LogP contribution in [0.3, 0.4) is 0 Å². The van der Waals surface area contributed by atoms with Crippen LogP contribution in [0.15, 0.2) is 55.0 Å². The van der Waals surface area contributed by atoms with E-state index in [1.807, 2.05) is 44.0 Å². The lowest BCUT2D eigenvalue weighted by Gasteiger charge is -2.37. The van der Waals surface area contributed by atoms with Gasteiger partial charge in [-0.25, -0.2) is 14.7 Å². The second kappa shape index (κ2) is 11.4. The van der Waals surface area contributed by atoms with Crippen LogP contribution < -0.4 is 24.6 Å². The van der Waals surface area contributed by atoms with Crippen molar-refractivity contribution in [3.05, 3.63) is 71.1 Å². The van der Waals surface area contributed by atoms with Crippen molar-refractivity contribution in [1.82, 2.24) is 24.6 Å². The van der Waals surface area contributed by atoms with E-state index in [4.69, 9.17) is 26.1 Å². The molecule has 5 rings (SSSR count). The van der Waals surface area contributed by atoms with E-state index in [0.29, 0.717) is 39.7 Å². The minimum Gasteiger partial charge on any atom is -0.497 e. The molecule has 0 spiro atoms. The Morgan fingerprint density at radius 2 is 1.95 bits per heavy atom. The number of carbonyl (C=O) groups excluding carboxylic acids is 1. The third-order valence-corrected chi connectivity index (χ3v) is 6.86. The van der Waals surface area contributed by atoms with Gasteiger partial charge in [0.2, 0.25) is 5.95 Å². The number of fused-ring (bicyclic) bond motifs is 1. The fourth-order valence-electron chi connectivity index (χ4n) is 4.52. The summed E-state index contributed by atoms with van der Waals surface area (Å²) in [6, 6.07) is 10.5. The molecule has 0 radical (unpaired) electrons. The monoisotopic (exact) mass is 562 g/mol. The highest BCUT2D eigenvalue weighted by molar-refractivity contribution is 6.34. The van der Waals surface area contributed by atoms with E-state index in [0.717, 1.165) is 29.9 Å². The lowest BCUT2D eigenvalue weighted by atomic mass is 10.1. The van der Waals surface area contributed by atoms with Crippen LogP contribution in [-0.4, -0.2) is 65.5 Å². The quantitative estimate of drug-likeness (QED) is 0.296. The molecule has 0 atom stereocenters. The first-order valence-corrected chi connectivity index (χ1v) is 13.1. The number of carbonyl (C=O) groups is 1. The average molecular weight is 563 g/mol. The lowest BCUT2D eigenvalue weighted by molar-refractivity contribution is 0.252. The first-order chi connectivity index (χ1) is 19.3. The van der Waals surface area contributed by atoms with E-state index in [-0.39, 0.29) is 12.6 Å². The lowest BCUT2D eigenvalue weighted by Crippen LogP contribution is -2.46. The zero-order valence-electron chi connectivity index (χ0n) is 23.1. The largest absolute Gasteiger partial charge is 0.497 e. The molecule has 2 amide bonds. The fraction of sp³-hybridized carbons (Fsp3) is 0.286. The number of hydrogen-bond donors (Lipinski definition) is 1. The van der Waals surface area contributed by atoms with Crippen molar-refractivity contribution < 1.29 is 14.3 Å². The number of urea groups is 1. The van der Waals surface area contributed by atoms with Crippen LogP contribution in [0.4, 0.5) is 33.6 Å². The Hall–Kier alpha value is -4.35. The van der Waals surface area contributed by atoms with Gasteiger partial charge < -0.3 is 19.7 Å². The van der Waals surface area contributed by atoms with Crippen molar-refractivity contribution in [2.45, 2.75) is 20.0 Å². The van der Waals surface area contributed by atoms with E-state index in [9.17, 15) is 4.79 Å². The van der Waals surface area contributed by atoms with Gasteiger partial charge in [-0.3, -0.25) is 9.58 Å². The average Bonchev–Trinajstić information content (AvgIpc) is 3.39. The zero-order valence-corrected chi connectivity index (χ0v) is 23.8. The first kappa shape index (κ1) is 27.2. The molecule has 40 heavy (non-hydrogen) atoms. The summed E-state index contributed by atoms with van der Waals surface area (Å²) < 4.78 is 12.9. The Morgan fingerprint density at radius 1 is 1.12 bits per heavy atom. The first-order valence-electron chi connectivity index (χ1n) is 12.7. The Morgan fingerprint density at radius 3 is 2.67 bits per heavy atom. The highest BCUT2D eigenvalue weighted by Crippen LogP contribution is 2.43. The second-order valence-corrected chi connectivity index (χ2v) is 10.0. The van der Waals surface area contributed by atoms with Gasteiger partial charge in [-0.05, 0) is 44.8 Å². The normalized spacial score (nSPS) is 13.0. The second-order valence-electron chi connectivity index (χ2n) is 9.61. The number of likely N-dealkylation sites (N-methyl/N-ethyl adjacent to an activating group) is 1. The van der Waals surface area contributed by atoms with Crippen LogP contribution >= 0.6 is 11.6 Å². The van der Waals surface area contributed by atoms with Gasteiger partial charge in [0.15, 0.2) is 5.82 Å². The summed E-state index contributed by atoms with van der Waals surface area (Å²) in [5.74, 6) is 1.82. The van der Waals surface area contributed by atoms with Crippen LogP contribution in [0.5, 0.6) is 11.5 Å². The number of methoxy groups -OCH3 is 2. The molecule has 12 heteroatoms. The third kappa shape index (κ3) is 5.38. The summed E-state index contributed by atoms with van der Waals surface area (Å²) in [6.45, 7) is 3.77. The number of amides is 2. The van der Waals surface area contributed by atoms with Gasteiger partial charge in [0, 0.05) is 30.6 Å². The molecule has 1 aliphatic rings. The van der Waals surface area contributed by atoms with E-state index in [2.05, 4.69) is 20.3 Å². The van der Waals surface area contributed by atoms with Gasteiger partial charge >= 0.3 is 6.03 Å². The van der Waals surface area contributed by atoms with Gasteiger partial charge in [-0.2, -0.15) is 10.1 Å². The van der Waals surface area contributed by atoms with Gasteiger partial charge in [0.05, 0.1) is 55.6 Å². The molecule has 1 aliphatic heterocycles. The standard InChI is InChI=1S/C28H31ClN8O3/c1-18-7-6-8-22(29)25(18)36-16-19-14-30-27(32-20-15-31-35(17-20)12-11-34(2)3)33-26(19)37(28(36)38)23-10-9-21(39-4)13-24(23)40-5/h6-10,13-15,17H,11-12,16H2,1-5H3,(H,30,32,33). The van der Waals surface area contributed by atoms with Gasteiger partial charge in [-0.15, -0.1) is 0 Å². The molecule has 0 bridgehead atoms. The molecule has 0 saturated heterocycles. The minimum atomic E-state index is -0.326. The molecular weight excluding hydrogens is 532 g/mol. The summed E-state index contributed by atoms with van der Waals surface area (Å²) in [5.41, 5.74) is 3.48. The molecule has 208 valence electrons. The number of para-hydroxylation sites is 1. The smallest absolute Gasteiger partial charge is 0.335 e. The number of benzene rings is 2. The van der Waals surface area contributed by atoms with Crippen molar-refractivity contribution in [3.8, 4) is 11.5 Å². The summed E-state index contributed by atoms with van der Waals surface area (Å²) in [5, 5.41) is 8.09. The summed E-state index contributed by atoms with van der Waals surface area (Å²) in [7, 11) is 7.15. The molecule has 0 aliphatic carbocycles. The molecule has 4 aromatic rings. The van der Waals surface area contributed by atoms with E-state index < -0.39 is 0 Å². The number of anilines is 5. The predicted molar refractivity (Wildman–Crippen MR) is 156 cm³/mol. The number of aromatic nitrogens is 4. The van der Waals surface area contributed by atoms with Crippen molar-refractivity contribution in [1.29, 1.82) is 0 Å². The molecule has 11 nitrogen and oxygen atoms in total. The summed E-state index contributed by atoms with van der Waals surface area (Å²) in [4.78, 5) is 28.8. The van der Waals surface area contributed by atoms with Crippen molar-refractivity contribution in [2.75, 3.05) is 50.0 Å². The molecule has 2 aromatic heterocycles. The number of aryl methyl sites for hydroxylation is 1. The predicted octanol–water partition coefficient (Wildman–Crippen LogP) is 5.24. The number of halogens is 1. The topological polar surface area (TPSA) is 101 Å². The molecular formula is C28H31ClN8O3. The number of hydrogen-bond acceptors (Lipinski definition) is 8. The Kier molecular flexibility index (Phi) is 7.76. The van der Waals surface area contributed by atoms with Gasteiger partial charge in [0.25, 0.3) is 0 Å². The van der Waals surface area contributed by atoms with Crippen LogP contribution in [0.1, 0.15) is 11.1 Å². The SMILES string of the molecule is COc1ccc(N2C(=O)N(c3c(C)cccc3Cl)Cc3cnc(Nc4cnn(CCN(C)C)c4)nc32)c(OC)c1. The molecule has 2 aromatic carbocycles. The molecule has 1 N–H and O–H groups in total. The van der Waals surface area contributed by atoms with Crippen molar-refractivity contribution in [3.63, 3.8) is 0 Å². The fourth-order valence-corrected chi connectivity index (χ4v) is 4.84. The van der Waals surface area contributed by atoms with Gasteiger partial charge in [0.1, 0.15) is 11.5 Å².